The van der Waals surface area contributed by atoms with Gasteiger partial charge in [-0.25, -0.2) is 0 Å². The summed E-state index contributed by atoms with van der Waals surface area (Å²) in [5.74, 6) is 2.53. The van der Waals surface area contributed by atoms with Crippen molar-refractivity contribution in [2.75, 3.05) is 65.7 Å². The van der Waals surface area contributed by atoms with Gasteiger partial charge in [-0.05, 0) is 76.9 Å². The van der Waals surface area contributed by atoms with Crippen LogP contribution in [0.25, 0.3) is 0 Å². The lowest BCUT2D eigenvalue weighted by molar-refractivity contribution is 0.0205. The van der Waals surface area contributed by atoms with Crippen LogP contribution in [-0.4, -0.2) is 76.6 Å². The second-order valence-corrected chi connectivity index (χ2v) is 8.05. The molecule has 6 nitrogen and oxygen atoms in total. The van der Waals surface area contributed by atoms with E-state index in [4.69, 9.17) is 9.47 Å². The number of likely N-dealkylation sites (tertiary alicyclic amines) is 1. The molecular formula is C21H43IN4O2. The number of aliphatic imine (C=N–C) groups is 1. The number of guanidine groups is 1. The van der Waals surface area contributed by atoms with E-state index in [0.717, 1.165) is 77.2 Å². The predicted molar refractivity (Wildman–Crippen MR) is 128 cm³/mol. The Labute approximate surface area is 189 Å². The molecule has 0 atom stereocenters. The van der Waals surface area contributed by atoms with E-state index < -0.39 is 0 Å². The Morgan fingerprint density at radius 3 is 2.57 bits per heavy atom. The van der Waals surface area contributed by atoms with Crippen molar-refractivity contribution >= 4 is 29.9 Å². The van der Waals surface area contributed by atoms with Crippen molar-refractivity contribution in [1.29, 1.82) is 0 Å². The number of halogens is 1. The summed E-state index contributed by atoms with van der Waals surface area (Å²) in [5, 5.41) is 6.81. The number of rotatable bonds is 11. The maximum absolute atomic E-state index is 5.82. The number of nitrogens with zero attached hydrogens (tertiary/aromatic N) is 2. The maximum Gasteiger partial charge on any atom is 0.191 e. The fourth-order valence-electron chi connectivity index (χ4n) is 3.66. The van der Waals surface area contributed by atoms with Crippen LogP contribution >= 0.6 is 24.0 Å². The van der Waals surface area contributed by atoms with Gasteiger partial charge in [-0.1, -0.05) is 6.92 Å². The second kappa shape index (κ2) is 16.7. The van der Waals surface area contributed by atoms with Crippen molar-refractivity contribution in [1.82, 2.24) is 15.5 Å². The lowest BCUT2D eigenvalue weighted by atomic mass is 9.99. The van der Waals surface area contributed by atoms with Crippen LogP contribution in [0.3, 0.4) is 0 Å². The van der Waals surface area contributed by atoms with Gasteiger partial charge in [0.05, 0.1) is 0 Å². The summed E-state index contributed by atoms with van der Waals surface area (Å²) in [5.41, 5.74) is 0. The minimum absolute atomic E-state index is 0. The molecule has 0 aromatic heterocycles. The standard InChI is InChI=1S/C21H42N4O2.HI/c1-3-22-21(23-10-4-12-25-13-6-19(2)7-14-25)24-11-5-15-27-18-20-8-16-26-17-9-20;/h19-20H,3-18H2,1-2H3,(H2,22,23,24);1H. The van der Waals surface area contributed by atoms with Crippen molar-refractivity contribution in [2.45, 2.75) is 52.4 Å². The molecule has 2 heterocycles. The van der Waals surface area contributed by atoms with Gasteiger partial charge >= 0.3 is 0 Å². The largest absolute Gasteiger partial charge is 0.381 e. The summed E-state index contributed by atoms with van der Waals surface area (Å²) in [6.45, 7) is 14.4. The highest BCUT2D eigenvalue weighted by atomic mass is 127. The van der Waals surface area contributed by atoms with Gasteiger partial charge < -0.3 is 25.0 Å². The van der Waals surface area contributed by atoms with E-state index in [1.165, 1.54) is 38.9 Å². The third kappa shape index (κ3) is 11.8. The van der Waals surface area contributed by atoms with Crippen LogP contribution in [0.2, 0.25) is 0 Å². The molecular weight excluding hydrogens is 467 g/mol. The monoisotopic (exact) mass is 510 g/mol. The van der Waals surface area contributed by atoms with Crippen LogP contribution in [-0.2, 0) is 9.47 Å². The van der Waals surface area contributed by atoms with Crippen LogP contribution in [0.1, 0.15) is 52.4 Å². The Kier molecular flexibility index (Phi) is 15.4. The summed E-state index contributed by atoms with van der Waals surface area (Å²) in [7, 11) is 0. The molecule has 0 aliphatic carbocycles. The Balaban J connectivity index is 0.00000392. The van der Waals surface area contributed by atoms with Gasteiger partial charge in [0.15, 0.2) is 5.96 Å². The number of hydrogen-bond donors (Lipinski definition) is 2. The van der Waals surface area contributed by atoms with Crippen molar-refractivity contribution in [3.8, 4) is 0 Å². The second-order valence-electron chi connectivity index (χ2n) is 8.05. The first-order chi connectivity index (χ1) is 13.3. The number of ether oxygens (including phenoxy) is 2. The zero-order valence-electron chi connectivity index (χ0n) is 18.1. The van der Waals surface area contributed by atoms with Crippen molar-refractivity contribution < 1.29 is 9.47 Å². The van der Waals surface area contributed by atoms with E-state index in [1.54, 1.807) is 0 Å². The first-order valence-corrected chi connectivity index (χ1v) is 11.2. The van der Waals surface area contributed by atoms with E-state index in [-0.39, 0.29) is 24.0 Å². The molecule has 166 valence electrons. The van der Waals surface area contributed by atoms with Gasteiger partial charge in [-0.3, -0.25) is 4.99 Å². The molecule has 0 amide bonds. The Hall–Kier alpha value is -0.120. The van der Waals surface area contributed by atoms with Gasteiger partial charge in [0.25, 0.3) is 0 Å². The molecule has 2 aliphatic rings. The molecule has 2 fully saturated rings. The van der Waals surface area contributed by atoms with Crippen LogP contribution in [0.4, 0.5) is 0 Å². The lowest BCUT2D eigenvalue weighted by Gasteiger charge is -2.30. The minimum atomic E-state index is 0. The molecule has 2 N–H and O–H groups in total. The molecule has 2 aliphatic heterocycles. The average Bonchev–Trinajstić information content (AvgIpc) is 2.70. The van der Waals surface area contributed by atoms with Gasteiger partial charge in [-0.15, -0.1) is 24.0 Å². The van der Waals surface area contributed by atoms with Gasteiger partial charge in [-0.2, -0.15) is 0 Å². The third-order valence-corrected chi connectivity index (χ3v) is 5.58. The summed E-state index contributed by atoms with van der Waals surface area (Å²) >= 11 is 0. The fraction of sp³-hybridized carbons (Fsp3) is 0.952. The van der Waals surface area contributed by atoms with Crippen molar-refractivity contribution in [3.63, 3.8) is 0 Å². The predicted octanol–water partition coefficient (Wildman–Crippen LogP) is 3.11. The Morgan fingerprint density at radius 2 is 1.86 bits per heavy atom. The van der Waals surface area contributed by atoms with E-state index in [2.05, 4.69) is 34.4 Å². The smallest absolute Gasteiger partial charge is 0.191 e. The molecule has 2 saturated heterocycles. The normalized spacial score (nSPS) is 20.0. The van der Waals surface area contributed by atoms with E-state index in [0.29, 0.717) is 5.92 Å². The van der Waals surface area contributed by atoms with Crippen molar-refractivity contribution in [3.05, 3.63) is 0 Å². The highest BCUT2D eigenvalue weighted by Crippen LogP contribution is 2.16. The minimum Gasteiger partial charge on any atom is -0.381 e. The summed E-state index contributed by atoms with van der Waals surface area (Å²) in [6.07, 6.45) is 7.15. The van der Waals surface area contributed by atoms with E-state index in [1.807, 2.05) is 0 Å². The molecule has 0 saturated carbocycles. The average molecular weight is 511 g/mol. The quantitative estimate of drug-likeness (QED) is 0.194. The van der Waals surface area contributed by atoms with Gasteiger partial charge in [0, 0.05) is 46.1 Å². The Bertz CT molecular complexity index is 398. The molecule has 0 spiro atoms. The summed E-state index contributed by atoms with van der Waals surface area (Å²) < 4.78 is 11.2. The zero-order valence-corrected chi connectivity index (χ0v) is 20.4. The number of hydrogen-bond acceptors (Lipinski definition) is 4. The summed E-state index contributed by atoms with van der Waals surface area (Å²) in [4.78, 5) is 7.27. The molecule has 0 radical (unpaired) electrons. The van der Waals surface area contributed by atoms with Gasteiger partial charge in [0.1, 0.15) is 0 Å². The third-order valence-electron chi connectivity index (χ3n) is 5.58. The summed E-state index contributed by atoms with van der Waals surface area (Å²) in [6, 6.07) is 0. The van der Waals surface area contributed by atoms with Crippen LogP contribution in [0.15, 0.2) is 4.99 Å². The molecule has 28 heavy (non-hydrogen) atoms. The molecule has 0 unspecified atom stereocenters. The lowest BCUT2D eigenvalue weighted by Crippen LogP contribution is -2.39. The highest BCUT2D eigenvalue weighted by molar-refractivity contribution is 14.0. The molecule has 0 aromatic rings. The zero-order chi connectivity index (χ0) is 19.2. The maximum atomic E-state index is 5.82. The number of nitrogens with one attached hydrogen (secondary N) is 2. The molecule has 0 bridgehead atoms. The first kappa shape index (κ1) is 25.9. The van der Waals surface area contributed by atoms with E-state index in [9.17, 15) is 0 Å². The first-order valence-electron chi connectivity index (χ1n) is 11.2. The molecule has 2 rings (SSSR count). The Morgan fingerprint density at radius 1 is 1.11 bits per heavy atom. The van der Waals surface area contributed by atoms with Crippen LogP contribution in [0, 0.1) is 11.8 Å². The van der Waals surface area contributed by atoms with Crippen LogP contribution < -0.4 is 10.6 Å². The topological polar surface area (TPSA) is 58.1 Å². The number of piperidine rings is 1. The van der Waals surface area contributed by atoms with Gasteiger partial charge in [0.2, 0.25) is 0 Å². The molecule has 7 heteroatoms. The van der Waals surface area contributed by atoms with E-state index >= 15 is 0 Å². The molecule has 0 aromatic carbocycles. The fourth-order valence-corrected chi connectivity index (χ4v) is 3.66. The SMILES string of the molecule is CCNC(=NCCCOCC1CCOCC1)NCCCN1CCC(C)CC1.I. The highest BCUT2D eigenvalue weighted by Gasteiger charge is 2.15. The van der Waals surface area contributed by atoms with Crippen LogP contribution in [0.5, 0.6) is 0 Å². The van der Waals surface area contributed by atoms with Crippen molar-refractivity contribution in [2.24, 2.45) is 16.8 Å².